The normalized spacial score (nSPS) is 28.4. The highest BCUT2D eigenvalue weighted by molar-refractivity contribution is 5.78. The molecule has 2 heterocycles. The maximum absolute atomic E-state index is 12.5. The van der Waals surface area contributed by atoms with Gasteiger partial charge in [0.2, 0.25) is 5.91 Å². The Morgan fingerprint density at radius 1 is 0.952 bits per heavy atom. The number of piperidine rings is 1. The molecule has 0 radical (unpaired) electrons. The lowest BCUT2D eigenvalue weighted by Crippen LogP contribution is -2.46. The molecule has 1 amide bonds. The molecular weight excluding hydrogens is 262 g/mol. The van der Waals surface area contributed by atoms with Crippen LogP contribution in [0.1, 0.15) is 51.4 Å². The Hall–Kier alpha value is -0.610. The minimum Gasteiger partial charge on any atom is -0.342 e. The third kappa shape index (κ3) is 4.96. The zero-order chi connectivity index (χ0) is 14.5. The molecule has 0 spiro atoms. The van der Waals surface area contributed by atoms with Gasteiger partial charge in [-0.15, -0.1) is 0 Å². The van der Waals surface area contributed by atoms with Crippen LogP contribution in [0.3, 0.4) is 0 Å². The van der Waals surface area contributed by atoms with Gasteiger partial charge in [0.15, 0.2) is 0 Å². The lowest BCUT2D eigenvalue weighted by molar-refractivity contribution is -0.132. The zero-order valence-electron chi connectivity index (χ0n) is 13.4. The van der Waals surface area contributed by atoms with Crippen LogP contribution < -0.4 is 5.32 Å². The van der Waals surface area contributed by atoms with Crippen molar-refractivity contribution in [2.24, 2.45) is 5.92 Å². The highest BCUT2D eigenvalue weighted by Gasteiger charge is 2.26. The predicted molar refractivity (Wildman–Crippen MR) is 85.2 cm³/mol. The van der Waals surface area contributed by atoms with E-state index in [0.717, 1.165) is 44.7 Å². The monoisotopic (exact) mass is 293 g/mol. The second-order valence-electron chi connectivity index (χ2n) is 7.22. The maximum Gasteiger partial charge on any atom is 0.236 e. The van der Waals surface area contributed by atoms with Crippen LogP contribution >= 0.6 is 0 Å². The summed E-state index contributed by atoms with van der Waals surface area (Å²) in [5.74, 6) is 1.11. The second kappa shape index (κ2) is 7.59. The van der Waals surface area contributed by atoms with Gasteiger partial charge in [-0.2, -0.15) is 0 Å². The zero-order valence-corrected chi connectivity index (χ0v) is 13.4. The second-order valence-corrected chi connectivity index (χ2v) is 7.22. The fourth-order valence-electron chi connectivity index (χ4n) is 3.69. The highest BCUT2D eigenvalue weighted by Crippen LogP contribution is 2.21. The van der Waals surface area contributed by atoms with E-state index in [0.29, 0.717) is 12.5 Å². The van der Waals surface area contributed by atoms with E-state index in [9.17, 15) is 4.79 Å². The molecule has 0 aromatic carbocycles. The molecule has 120 valence electrons. The van der Waals surface area contributed by atoms with Crippen molar-refractivity contribution in [3.8, 4) is 0 Å². The molecule has 0 bridgehead atoms. The molecule has 1 atom stereocenters. The van der Waals surface area contributed by atoms with Crippen LogP contribution in [0.5, 0.6) is 0 Å². The van der Waals surface area contributed by atoms with E-state index in [4.69, 9.17) is 0 Å². The fraction of sp³-hybridized carbons (Fsp3) is 0.941. The summed E-state index contributed by atoms with van der Waals surface area (Å²) >= 11 is 0. The molecule has 2 aliphatic heterocycles. The lowest BCUT2D eigenvalue weighted by atomic mass is 9.98. The SMILES string of the molecule is O=C(CN1CCCC(CNC2CC2)C1)N1CCCCCC1. The highest BCUT2D eigenvalue weighted by atomic mass is 16.2. The van der Waals surface area contributed by atoms with Crippen LogP contribution in [0.4, 0.5) is 0 Å². The van der Waals surface area contributed by atoms with Crippen molar-refractivity contribution in [1.29, 1.82) is 0 Å². The minimum atomic E-state index is 0.368. The lowest BCUT2D eigenvalue weighted by Gasteiger charge is -2.33. The van der Waals surface area contributed by atoms with Gasteiger partial charge in [0, 0.05) is 25.7 Å². The number of hydrogen-bond acceptors (Lipinski definition) is 3. The van der Waals surface area contributed by atoms with Crippen LogP contribution in [0.2, 0.25) is 0 Å². The standard InChI is InChI=1S/C17H31N3O/c21-17(20-10-3-1-2-4-11-20)14-19-9-5-6-15(13-19)12-18-16-7-8-16/h15-16,18H,1-14H2. The third-order valence-corrected chi connectivity index (χ3v) is 5.19. The van der Waals surface area contributed by atoms with E-state index in [2.05, 4.69) is 15.1 Å². The first-order chi connectivity index (χ1) is 10.3. The molecule has 1 unspecified atom stereocenters. The summed E-state index contributed by atoms with van der Waals surface area (Å²) in [7, 11) is 0. The molecule has 2 saturated heterocycles. The Morgan fingerprint density at radius 2 is 1.71 bits per heavy atom. The van der Waals surface area contributed by atoms with E-state index >= 15 is 0 Å². The first-order valence-electron chi connectivity index (χ1n) is 9.05. The van der Waals surface area contributed by atoms with Crippen molar-refractivity contribution >= 4 is 5.91 Å². The molecule has 3 fully saturated rings. The van der Waals surface area contributed by atoms with Crippen molar-refractivity contribution in [2.45, 2.75) is 57.4 Å². The van der Waals surface area contributed by atoms with E-state index in [1.807, 2.05) is 0 Å². The average molecular weight is 293 g/mol. The molecule has 3 rings (SSSR count). The summed E-state index contributed by atoms with van der Waals surface area (Å²) in [6, 6.07) is 0.805. The summed E-state index contributed by atoms with van der Waals surface area (Å²) < 4.78 is 0. The quantitative estimate of drug-likeness (QED) is 0.840. The van der Waals surface area contributed by atoms with E-state index < -0.39 is 0 Å². The van der Waals surface area contributed by atoms with Gasteiger partial charge in [-0.1, -0.05) is 12.8 Å². The summed E-state index contributed by atoms with van der Waals surface area (Å²) in [5.41, 5.74) is 0. The Labute approximate surface area is 129 Å². The molecule has 0 aromatic rings. The number of likely N-dealkylation sites (tertiary alicyclic amines) is 2. The third-order valence-electron chi connectivity index (χ3n) is 5.19. The number of hydrogen-bond donors (Lipinski definition) is 1. The summed E-state index contributed by atoms with van der Waals surface area (Å²) in [5, 5.41) is 3.65. The van der Waals surface area contributed by atoms with E-state index in [1.165, 1.54) is 51.4 Å². The smallest absolute Gasteiger partial charge is 0.236 e. The first kappa shape index (κ1) is 15.3. The number of nitrogens with one attached hydrogen (secondary N) is 1. The molecule has 21 heavy (non-hydrogen) atoms. The minimum absolute atomic E-state index is 0.368. The largest absolute Gasteiger partial charge is 0.342 e. The Bertz CT molecular complexity index is 335. The molecular formula is C17H31N3O. The average Bonchev–Trinajstić information content (AvgIpc) is 3.32. The summed E-state index contributed by atoms with van der Waals surface area (Å²) in [4.78, 5) is 17.0. The van der Waals surface area contributed by atoms with Gasteiger partial charge in [-0.25, -0.2) is 0 Å². The summed E-state index contributed by atoms with van der Waals surface area (Å²) in [6.45, 7) is 6.00. The van der Waals surface area contributed by atoms with Crippen LogP contribution in [-0.2, 0) is 4.79 Å². The van der Waals surface area contributed by atoms with Crippen molar-refractivity contribution in [2.75, 3.05) is 39.3 Å². The number of nitrogens with zero attached hydrogens (tertiary/aromatic N) is 2. The number of amides is 1. The number of carbonyl (C=O) groups is 1. The van der Waals surface area contributed by atoms with Gasteiger partial charge in [-0.05, 0) is 57.5 Å². The predicted octanol–water partition coefficient (Wildman–Crippen LogP) is 1.85. The van der Waals surface area contributed by atoms with Gasteiger partial charge >= 0.3 is 0 Å². The van der Waals surface area contributed by atoms with Gasteiger partial charge in [0.25, 0.3) is 0 Å². The Kier molecular flexibility index (Phi) is 5.53. The Morgan fingerprint density at radius 3 is 2.43 bits per heavy atom. The van der Waals surface area contributed by atoms with Crippen molar-refractivity contribution in [3.05, 3.63) is 0 Å². The molecule has 3 aliphatic rings. The van der Waals surface area contributed by atoms with E-state index in [-0.39, 0.29) is 0 Å². The van der Waals surface area contributed by atoms with Gasteiger partial charge in [0.1, 0.15) is 0 Å². The number of carbonyl (C=O) groups excluding carboxylic acids is 1. The molecule has 1 saturated carbocycles. The molecule has 4 heteroatoms. The maximum atomic E-state index is 12.5. The molecule has 4 nitrogen and oxygen atoms in total. The van der Waals surface area contributed by atoms with Crippen molar-refractivity contribution in [3.63, 3.8) is 0 Å². The van der Waals surface area contributed by atoms with Crippen LogP contribution in [0.25, 0.3) is 0 Å². The van der Waals surface area contributed by atoms with E-state index in [1.54, 1.807) is 0 Å². The molecule has 1 aliphatic carbocycles. The molecule has 1 N–H and O–H groups in total. The topological polar surface area (TPSA) is 35.6 Å². The number of rotatable bonds is 5. The first-order valence-corrected chi connectivity index (χ1v) is 9.05. The van der Waals surface area contributed by atoms with Gasteiger partial charge in [0.05, 0.1) is 6.54 Å². The fourth-order valence-corrected chi connectivity index (χ4v) is 3.69. The van der Waals surface area contributed by atoms with Crippen LogP contribution in [0.15, 0.2) is 0 Å². The van der Waals surface area contributed by atoms with Crippen LogP contribution in [0, 0.1) is 5.92 Å². The van der Waals surface area contributed by atoms with Gasteiger partial charge in [-0.3, -0.25) is 9.69 Å². The van der Waals surface area contributed by atoms with Crippen molar-refractivity contribution < 1.29 is 4.79 Å². The van der Waals surface area contributed by atoms with Crippen molar-refractivity contribution in [1.82, 2.24) is 15.1 Å². The van der Waals surface area contributed by atoms with Crippen LogP contribution in [-0.4, -0.2) is 61.0 Å². The molecule has 0 aromatic heterocycles. The summed E-state index contributed by atoms with van der Waals surface area (Å²) in [6.07, 6.45) is 10.3. The van der Waals surface area contributed by atoms with Gasteiger partial charge < -0.3 is 10.2 Å². The Balaban J connectivity index is 1.41.